The number of rotatable bonds is 2. The Hall–Kier alpha value is -1.82. The van der Waals surface area contributed by atoms with Crippen molar-refractivity contribution in [2.24, 2.45) is 0 Å². The number of nitriles is 1. The van der Waals surface area contributed by atoms with Crippen molar-refractivity contribution in [2.45, 2.75) is 18.9 Å². The minimum absolute atomic E-state index is 0.0112. The first-order valence-electron chi connectivity index (χ1n) is 4.59. The van der Waals surface area contributed by atoms with Crippen LogP contribution in [-0.2, 0) is 4.79 Å². The van der Waals surface area contributed by atoms with Gasteiger partial charge < -0.3 is 5.32 Å². The number of hydrogen-bond acceptors (Lipinski definition) is 3. The van der Waals surface area contributed by atoms with E-state index in [1.165, 1.54) is 0 Å². The molecule has 0 saturated heterocycles. The summed E-state index contributed by atoms with van der Waals surface area (Å²) in [5, 5.41) is 11.7. The maximum atomic E-state index is 11.0. The Balaban J connectivity index is 2.03. The summed E-state index contributed by atoms with van der Waals surface area (Å²) in [7, 11) is 0. The molecule has 0 bridgehead atoms. The lowest BCUT2D eigenvalue weighted by Gasteiger charge is -2.25. The van der Waals surface area contributed by atoms with E-state index < -0.39 is 0 Å². The minimum Gasteiger partial charge on any atom is -0.375 e. The summed E-state index contributed by atoms with van der Waals surface area (Å²) in [5.74, 6) is 0.273. The summed E-state index contributed by atoms with van der Waals surface area (Å²) >= 11 is 0. The third kappa shape index (κ3) is 1.60. The van der Waals surface area contributed by atoms with Gasteiger partial charge in [-0.2, -0.15) is 5.26 Å². The monoisotopic (exact) mass is 186 g/mol. The maximum absolute atomic E-state index is 11.0. The second kappa shape index (κ2) is 3.51. The van der Waals surface area contributed by atoms with E-state index in [4.69, 9.17) is 5.26 Å². The summed E-state index contributed by atoms with van der Waals surface area (Å²) < 4.78 is 0. The van der Waals surface area contributed by atoms with Crippen molar-refractivity contribution < 1.29 is 4.79 Å². The number of carbonyl (C=O) groups is 1. The van der Waals surface area contributed by atoms with Crippen molar-refractivity contribution in [3.63, 3.8) is 0 Å². The number of benzene rings is 1. The van der Waals surface area contributed by atoms with Gasteiger partial charge in [-0.1, -0.05) is 0 Å². The topological polar surface area (TPSA) is 52.9 Å². The van der Waals surface area contributed by atoms with Crippen LogP contribution in [0.5, 0.6) is 0 Å². The van der Waals surface area contributed by atoms with E-state index in [0.717, 1.165) is 12.1 Å². The normalized spacial score (nSPS) is 19.6. The van der Waals surface area contributed by atoms with Crippen LogP contribution in [0.3, 0.4) is 0 Å². The molecule has 1 saturated carbocycles. The zero-order valence-electron chi connectivity index (χ0n) is 7.66. The lowest BCUT2D eigenvalue weighted by atomic mass is 9.91. The molecule has 1 aliphatic carbocycles. The molecule has 1 aromatic rings. The van der Waals surface area contributed by atoms with Crippen LogP contribution in [0.15, 0.2) is 24.3 Å². The van der Waals surface area contributed by atoms with Crippen molar-refractivity contribution >= 4 is 11.5 Å². The Kier molecular flexibility index (Phi) is 2.19. The Morgan fingerprint density at radius 3 is 2.50 bits per heavy atom. The summed E-state index contributed by atoms with van der Waals surface area (Å²) in [6.45, 7) is 0. The minimum atomic E-state index is -0.0112. The van der Waals surface area contributed by atoms with Gasteiger partial charge in [0.25, 0.3) is 0 Å². The van der Waals surface area contributed by atoms with E-state index in [1.54, 1.807) is 12.1 Å². The highest BCUT2D eigenvalue weighted by Gasteiger charge is 2.27. The fraction of sp³-hybridized carbons (Fsp3) is 0.273. The molecular formula is C11H10N2O. The molecular weight excluding hydrogens is 176 g/mol. The summed E-state index contributed by atoms with van der Waals surface area (Å²) in [4.78, 5) is 11.0. The fourth-order valence-corrected chi connectivity index (χ4v) is 1.40. The molecule has 1 aliphatic rings. The molecule has 70 valence electrons. The molecule has 1 N–H and O–H groups in total. The number of carbonyl (C=O) groups excluding carboxylic acids is 1. The van der Waals surface area contributed by atoms with Gasteiger partial charge in [-0.25, -0.2) is 0 Å². The van der Waals surface area contributed by atoms with Gasteiger partial charge in [0.1, 0.15) is 0 Å². The Labute approximate surface area is 82.4 Å². The molecule has 1 atom stereocenters. The van der Waals surface area contributed by atoms with Gasteiger partial charge in [-0.3, -0.25) is 4.79 Å². The van der Waals surface area contributed by atoms with Crippen LogP contribution < -0.4 is 5.32 Å². The molecule has 0 spiro atoms. The van der Waals surface area contributed by atoms with Crippen molar-refractivity contribution in [1.82, 2.24) is 0 Å². The molecule has 3 heteroatoms. The smallest absolute Gasteiger partial charge is 0.155 e. The maximum Gasteiger partial charge on any atom is 0.155 e. The second-order valence-corrected chi connectivity index (χ2v) is 3.39. The van der Waals surface area contributed by atoms with Crippen LogP contribution in [0.1, 0.15) is 18.4 Å². The Morgan fingerprint density at radius 2 is 2.07 bits per heavy atom. The Bertz CT molecular complexity index is 389. The third-order valence-corrected chi connectivity index (χ3v) is 2.42. The molecule has 0 heterocycles. The number of hydrogen-bond donors (Lipinski definition) is 1. The van der Waals surface area contributed by atoms with Crippen molar-refractivity contribution in [2.75, 3.05) is 5.32 Å². The van der Waals surface area contributed by atoms with E-state index >= 15 is 0 Å². The molecule has 0 radical (unpaired) electrons. The number of anilines is 1. The van der Waals surface area contributed by atoms with Gasteiger partial charge in [0.15, 0.2) is 5.78 Å². The van der Waals surface area contributed by atoms with Gasteiger partial charge in [-0.05, 0) is 30.7 Å². The summed E-state index contributed by atoms with van der Waals surface area (Å²) in [6.07, 6.45) is 1.60. The molecule has 1 aromatic carbocycles. The van der Waals surface area contributed by atoms with Crippen molar-refractivity contribution in [1.29, 1.82) is 5.26 Å². The molecule has 2 rings (SSSR count). The van der Waals surface area contributed by atoms with Gasteiger partial charge in [0.05, 0.1) is 17.7 Å². The average molecular weight is 186 g/mol. The van der Waals surface area contributed by atoms with Crippen molar-refractivity contribution in [3.8, 4) is 6.07 Å². The SMILES string of the molecule is N#Cc1ccc(NC2CCC2=O)cc1. The highest BCUT2D eigenvalue weighted by molar-refractivity contribution is 5.92. The Morgan fingerprint density at radius 1 is 1.36 bits per heavy atom. The standard InChI is InChI=1S/C11H10N2O/c12-7-8-1-3-9(4-2-8)13-10-5-6-11(10)14/h1-4,10,13H,5-6H2. The lowest BCUT2D eigenvalue weighted by Crippen LogP contribution is -2.38. The van der Waals surface area contributed by atoms with Gasteiger partial charge >= 0.3 is 0 Å². The highest BCUT2D eigenvalue weighted by atomic mass is 16.1. The van der Waals surface area contributed by atoms with Gasteiger partial charge in [0.2, 0.25) is 0 Å². The predicted molar refractivity (Wildman–Crippen MR) is 52.8 cm³/mol. The van der Waals surface area contributed by atoms with E-state index in [2.05, 4.69) is 5.32 Å². The number of nitrogens with zero attached hydrogens (tertiary/aromatic N) is 1. The van der Waals surface area contributed by atoms with Crippen LogP contribution in [0.4, 0.5) is 5.69 Å². The van der Waals surface area contributed by atoms with Gasteiger partial charge in [-0.15, -0.1) is 0 Å². The predicted octanol–water partition coefficient (Wildman–Crippen LogP) is 1.70. The average Bonchev–Trinajstić information content (AvgIpc) is 2.24. The van der Waals surface area contributed by atoms with Crippen LogP contribution in [-0.4, -0.2) is 11.8 Å². The fourth-order valence-electron chi connectivity index (χ4n) is 1.40. The first kappa shape index (κ1) is 8.76. The molecule has 0 aliphatic heterocycles. The molecule has 0 aromatic heterocycles. The summed E-state index contributed by atoms with van der Waals surface area (Å²) in [6, 6.07) is 9.17. The van der Waals surface area contributed by atoms with Crippen LogP contribution in [0, 0.1) is 11.3 Å². The lowest BCUT2D eigenvalue weighted by molar-refractivity contribution is -0.124. The number of ketones is 1. The zero-order chi connectivity index (χ0) is 9.97. The highest BCUT2D eigenvalue weighted by Crippen LogP contribution is 2.20. The zero-order valence-corrected chi connectivity index (χ0v) is 7.66. The summed E-state index contributed by atoms with van der Waals surface area (Å²) in [5.41, 5.74) is 1.54. The van der Waals surface area contributed by atoms with Crippen LogP contribution >= 0.6 is 0 Å². The van der Waals surface area contributed by atoms with E-state index in [9.17, 15) is 4.79 Å². The molecule has 0 amide bonds. The largest absolute Gasteiger partial charge is 0.375 e. The van der Waals surface area contributed by atoms with E-state index in [1.807, 2.05) is 18.2 Å². The third-order valence-electron chi connectivity index (χ3n) is 2.42. The van der Waals surface area contributed by atoms with Crippen molar-refractivity contribution in [3.05, 3.63) is 29.8 Å². The molecule has 14 heavy (non-hydrogen) atoms. The van der Waals surface area contributed by atoms with Crippen LogP contribution in [0.25, 0.3) is 0 Å². The van der Waals surface area contributed by atoms with Crippen LogP contribution in [0.2, 0.25) is 0 Å². The van der Waals surface area contributed by atoms with E-state index in [0.29, 0.717) is 12.0 Å². The molecule has 3 nitrogen and oxygen atoms in total. The first-order valence-corrected chi connectivity index (χ1v) is 4.59. The number of Topliss-reactive ketones (excluding diaryl/α,β-unsaturated/α-hetero) is 1. The first-order chi connectivity index (χ1) is 6.79. The molecule has 1 fully saturated rings. The van der Waals surface area contributed by atoms with E-state index in [-0.39, 0.29) is 11.8 Å². The molecule has 1 unspecified atom stereocenters. The second-order valence-electron chi connectivity index (χ2n) is 3.39. The van der Waals surface area contributed by atoms with Gasteiger partial charge in [0, 0.05) is 12.1 Å². The number of nitrogens with one attached hydrogen (secondary N) is 1. The quantitative estimate of drug-likeness (QED) is 0.764.